The number of hydrogen-bond acceptors (Lipinski definition) is 2. The molecule has 0 aliphatic heterocycles. The van der Waals surface area contributed by atoms with Crippen LogP contribution in [0.1, 0.15) is 5.56 Å². The summed E-state index contributed by atoms with van der Waals surface area (Å²) >= 11 is 3.16. The Labute approximate surface area is 110 Å². The molecular weight excluding hydrogens is 309 g/mol. The highest BCUT2D eigenvalue weighted by Gasteiger charge is 2.34. The van der Waals surface area contributed by atoms with E-state index in [1.807, 2.05) is 0 Å². The summed E-state index contributed by atoms with van der Waals surface area (Å²) in [4.78, 5) is 3.96. The van der Waals surface area contributed by atoms with Gasteiger partial charge in [-0.05, 0) is 28.1 Å². The number of rotatable bonds is 1. The second kappa shape index (κ2) is 4.61. The Morgan fingerprint density at radius 2 is 1.78 bits per heavy atom. The van der Waals surface area contributed by atoms with Crippen molar-refractivity contribution in [1.82, 2.24) is 4.98 Å². The third kappa shape index (κ3) is 2.33. The van der Waals surface area contributed by atoms with E-state index in [1.165, 1.54) is 30.5 Å². The topological polar surface area (TPSA) is 38.9 Å². The Kier molecular flexibility index (Phi) is 3.30. The summed E-state index contributed by atoms with van der Waals surface area (Å²) in [6.07, 6.45) is -3.05. The van der Waals surface area contributed by atoms with Gasteiger partial charge in [-0.1, -0.05) is 18.2 Å². The lowest BCUT2D eigenvalue weighted by Crippen LogP contribution is -2.07. The molecular formula is C12H8BrF3N2. The zero-order valence-electron chi connectivity index (χ0n) is 9.00. The largest absolute Gasteiger partial charge is 0.417 e. The number of aromatic nitrogens is 1. The van der Waals surface area contributed by atoms with E-state index in [4.69, 9.17) is 5.73 Å². The molecule has 0 spiro atoms. The predicted octanol–water partition coefficient (Wildman–Crippen LogP) is 4.11. The quantitative estimate of drug-likeness (QED) is 0.859. The molecule has 2 rings (SSSR count). The highest BCUT2D eigenvalue weighted by molar-refractivity contribution is 9.10. The van der Waals surface area contributed by atoms with E-state index in [9.17, 15) is 13.2 Å². The maximum atomic E-state index is 12.9. The van der Waals surface area contributed by atoms with E-state index in [-0.39, 0.29) is 11.3 Å². The average Bonchev–Trinajstić information content (AvgIpc) is 2.32. The fraction of sp³-hybridized carbons (Fsp3) is 0.0833. The molecule has 2 nitrogen and oxygen atoms in total. The van der Waals surface area contributed by atoms with E-state index in [1.54, 1.807) is 0 Å². The van der Waals surface area contributed by atoms with Crippen LogP contribution in [0.4, 0.5) is 18.9 Å². The van der Waals surface area contributed by atoms with Crippen molar-refractivity contribution in [1.29, 1.82) is 0 Å². The molecule has 0 atom stereocenters. The van der Waals surface area contributed by atoms with Crippen molar-refractivity contribution in [3.8, 4) is 11.3 Å². The van der Waals surface area contributed by atoms with Crippen molar-refractivity contribution < 1.29 is 13.2 Å². The third-order valence-electron chi connectivity index (χ3n) is 2.41. The zero-order chi connectivity index (χ0) is 13.3. The molecule has 0 aliphatic rings. The molecule has 2 aromatic rings. The normalized spacial score (nSPS) is 11.6. The Bertz CT molecular complexity index is 582. The lowest BCUT2D eigenvalue weighted by atomic mass is 10.0. The van der Waals surface area contributed by atoms with Gasteiger partial charge in [-0.3, -0.25) is 4.98 Å². The average molecular weight is 317 g/mol. The van der Waals surface area contributed by atoms with E-state index >= 15 is 0 Å². The molecule has 1 heterocycles. The highest BCUT2D eigenvalue weighted by Crippen LogP contribution is 2.39. The van der Waals surface area contributed by atoms with Crippen LogP contribution in [0.2, 0.25) is 0 Å². The molecule has 0 aliphatic carbocycles. The molecule has 0 unspecified atom stereocenters. The lowest BCUT2D eigenvalue weighted by molar-refractivity contribution is -0.137. The number of nitrogen functional groups attached to an aromatic ring is 1. The number of hydrogen-bond donors (Lipinski definition) is 1. The van der Waals surface area contributed by atoms with E-state index in [0.717, 1.165) is 6.07 Å². The fourth-order valence-electron chi connectivity index (χ4n) is 1.58. The van der Waals surface area contributed by atoms with Crippen LogP contribution in [0.15, 0.2) is 41.0 Å². The molecule has 0 radical (unpaired) electrons. The van der Waals surface area contributed by atoms with Crippen molar-refractivity contribution in [3.05, 3.63) is 46.6 Å². The number of nitrogens with zero attached hydrogens (tertiary/aromatic N) is 1. The highest BCUT2D eigenvalue weighted by atomic mass is 79.9. The Morgan fingerprint density at radius 3 is 2.44 bits per heavy atom. The first kappa shape index (κ1) is 12.9. The van der Waals surface area contributed by atoms with Gasteiger partial charge in [0.2, 0.25) is 0 Å². The standard InChI is InChI=1S/C12H8BrF3N2/c13-10-9(17)5-6-18-11(10)7-3-1-2-4-8(7)12(14,15)16/h1-6H,(H2,17,18). The van der Waals surface area contributed by atoms with Gasteiger partial charge in [-0.2, -0.15) is 13.2 Å². The molecule has 94 valence electrons. The zero-order valence-corrected chi connectivity index (χ0v) is 10.6. The van der Waals surface area contributed by atoms with E-state index < -0.39 is 11.7 Å². The van der Waals surface area contributed by atoms with Crippen LogP contribution >= 0.6 is 15.9 Å². The van der Waals surface area contributed by atoms with Gasteiger partial charge in [0.15, 0.2) is 0 Å². The molecule has 0 bridgehead atoms. The maximum absolute atomic E-state index is 12.9. The van der Waals surface area contributed by atoms with E-state index in [2.05, 4.69) is 20.9 Å². The summed E-state index contributed by atoms with van der Waals surface area (Å²) in [5.41, 5.74) is 5.45. The van der Waals surface area contributed by atoms with Gasteiger partial charge in [-0.25, -0.2) is 0 Å². The molecule has 2 N–H and O–H groups in total. The van der Waals surface area contributed by atoms with Crippen molar-refractivity contribution >= 4 is 21.6 Å². The lowest BCUT2D eigenvalue weighted by Gasteiger charge is -2.13. The Balaban J connectivity index is 2.69. The van der Waals surface area contributed by atoms with Gasteiger partial charge in [0, 0.05) is 17.4 Å². The van der Waals surface area contributed by atoms with Gasteiger partial charge in [0.25, 0.3) is 0 Å². The molecule has 1 aromatic carbocycles. The van der Waals surface area contributed by atoms with Crippen LogP contribution in [0, 0.1) is 0 Å². The van der Waals surface area contributed by atoms with Crippen LogP contribution < -0.4 is 5.73 Å². The van der Waals surface area contributed by atoms with Crippen molar-refractivity contribution in [3.63, 3.8) is 0 Å². The molecule has 1 aromatic heterocycles. The van der Waals surface area contributed by atoms with Gasteiger partial charge >= 0.3 is 6.18 Å². The van der Waals surface area contributed by atoms with Crippen LogP contribution in [-0.4, -0.2) is 4.98 Å². The minimum atomic E-state index is -4.43. The van der Waals surface area contributed by atoms with Gasteiger partial charge < -0.3 is 5.73 Å². The molecule has 0 amide bonds. The smallest absolute Gasteiger partial charge is 0.398 e. The molecule has 18 heavy (non-hydrogen) atoms. The summed E-state index contributed by atoms with van der Waals surface area (Å²) in [7, 11) is 0. The second-order valence-electron chi connectivity index (χ2n) is 3.61. The minimum Gasteiger partial charge on any atom is -0.398 e. The summed E-state index contributed by atoms with van der Waals surface area (Å²) in [5, 5.41) is 0. The summed E-state index contributed by atoms with van der Waals surface area (Å²) in [5.74, 6) is 0. The second-order valence-corrected chi connectivity index (χ2v) is 4.40. The van der Waals surface area contributed by atoms with Gasteiger partial charge in [0.05, 0.1) is 15.7 Å². The third-order valence-corrected chi connectivity index (χ3v) is 3.24. The van der Waals surface area contributed by atoms with Crippen molar-refractivity contribution in [2.24, 2.45) is 0 Å². The van der Waals surface area contributed by atoms with E-state index in [0.29, 0.717) is 10.2 Å². The van der Waals surface area contributed by atoms with Crippen molar-refractivity contribution in [2.75, 3.05) is 5.73 Å². The summed E-state index contributed by atoms with van der Waals surface area (Å²) < 4.78 is 39.0. The fourth-order valence-corrected chi connectivity index (χ4v) is 2.03. The molecule has 0 fully saturated rings. The number of alkyl halides is 3. The molecule has 6 heteroatoms. The summed E-state index contributed by atoms with van der Waals surface area (Å²) in [6.45, 7) is 0. The number of halogens is 4. The Hall–Kier alpha value is -1.56. The maximum Gasteiger partial charge on any atom is 0.417 e. The summed E-state index contributed by atoms with van der Waals surface area (Å²) in [6, 6.07) is 6.78. The first-order valence-corrected chi connectivity index (χ1v) is 5.77. The van der Waals surface area contributed by atoms with Crippen LogP contribution in [-0.2, 0) is 6.18 Å². The molecule has 0 saturated carbocycles. The SMILES string of the molecule is Nc1ccnc(-c2ccccc2C(F)(F)F)c1Br. The first-order chi connectivity index (χ1) is 8.41. The number of anilines is 1. The number of benzene rings is 1. The van der Waals surface area contributed by atoms with Gasteiger partial charge in [-0.15, -0.1) is 0 Å². The molecule has 0 saturated heterocycles. The van der Waals surface area contributed by atoms with Crippen LogP contribution in [0.3, 0.4) is 0 Å². The predicted molar refractivity (Wildman–Crippen MR) is 66.8 cm³/mol. The first-order valence-electron chi connectivity index (χ1n) is 4.98. The van der Waals surface area contributed by atoms with Crippen LogP contribution in [0.25, 0.3) is 11.3 Å². The van der Waals surface area contributed by atoms with Crippen molar-refractivity contribution in [2.45, 2.75) is 6.18 Å². The van der Waals surface area contributed by atoms with Crippen LogP contribution in [0.5, 0.6) is 0 Å². The number of nitrogens with two attached hydrogens (primary N) is 1. The number of pyridine rings is 1. The monoisotopic (exact) mass is 316 g/mol. The Morgan fingerprint density at radius 1 is 1.11 bits per heavy atom. The minimum absolute atomic E-state index is 0.00387. The van der Waals surface area contributed by atoms with Gasteiger partial charge in [0.1, 0.15) is 0 Å².